The Hall–Kier alpha value is -3.67. The topological polar surface area (TPSA) is 64.4 Å². The van der Waals surface area contributed by atoms with Gasteiger partial charge in [0, 0.05) is 30.6 Å². The lowest BCUT2D eigenvalue weighted by Crippen LogP contribution is -2.23. The molecule has 1 aromatic heterocycles. The Labute approximate surface area is 241 Å². The van der Waals surface area contributed by atoms with Crippen LogP contribution in [0.3, 0.4) is 0 Å². The summed E-state index contributed by atoms with van der Waals surface area (Å²) in [5.74, 6) is 1.17. The van der Waals surface area contributed by atoms with E-state index < -0.39 is 0 Å². The quantitative estimate of drug-likeness (QED) is 0.253. The van der Waals surface area contributed by atoms with Crippen molar-refractivity contribution in [3.05, 3.63) is 77.6 Å². The summed E-state index contributed by atoms with van der Waals surface area (Å²) in [5, 5.41) is 4.71. The van der Waals surface area contributed by atoms with E-state index >= 15 is 0 Å². The van der Waals surface area contributed by atoms with Crippen LogP contribution < -0.4 is 9.64 Å². The summed E-state index contributed by atoms with van der Waals surface area (Å²) in [6.07, 6.45) is 6.07. The standard InChI is InChI=1S/C20H26N2O2.C11H13NO.C3H8/c1-6-8-17-19(14(3)4)21-22(20(17)18(23)9-7-2)15-10-12-16(24-5)13-11-15;1-9-4-6-10(7-5-9)12-8-2-3-11(12)13;1-3-2/h10-13H,3,6-9H2,1-2,4-5H3;4-7H,2-3,8H2,1H3;3H2,1-2H3. The van der Waals surface area contributed by atoms with Crippen molar-refractivity contribution >= 4 is 23.0 Å². The zero-order chi connectivity index (χ0) is 29.7. The molecule has 0 N–H and O–H groups in total. The maximum atomic E-state index is 12.8. The minimum Gasteiger partial charge on any atom is -0.497 e. The van der Waals surface area contributed by atoms with Crippen LogP contribution in [0, 0.1) is 6.92 Å². The van der Waals surface area contributed by atoms with Gasteiger partial charge in [-0.25, -0.2) is 4.68 Å². The molecule has 6 nitrogen and oxygen atoms in total. The lowest BCUT2D eigenvalue weighted by Gasteiger charge is -2.15. The summed E-state index contributed by atoms with van der Waals surface area (Å²) in [6, 6.07) is 15.7. The molecule has 1 aliphatic rings. The Balaban J connectivity index is 0.000000292. The molecule has 2 aromatic carbocycles. The highest BCUT2D eigenvalue weighted by Crippen LogP contribution is 2.27. The van der Waals surface area contributed by atoms with Gasteiger partial charge in [0.15, 0.2) is 5.78 Å². The van der Waals surface area contributed by atoms with Gasteiger partial charge in [-0.1, -0.05) is 64.8 Å². The van der Waals surface area contributed by atoms with Crippen molar-refractivity contribution in [2.45, 2.75) is 86.5 Å². The van der Waals surface area contributed by atoms with Gasteiger partial charge in [0.1, 0.15) is 11.4 Å². The average Bonchev–Trinajstić information content (AvgIpc) is 3.54. The number of carbonyl (C=O) groups excluding carboxylic acids is 2. The first-order valence-corrected chi connectivity index (χ1v) is 14.5. The van der Waals surface area contributed by atoms with Crippen molar-refractivity contribution in [3.8, 4) is 11.4 Å². The number of Topliss-reactive ketones (excluding diaryl/α,β-unsaturated/α-hetero) is 1. The van der Waals surface area contributed by atoms with Crippen molar-refractivity contribution in [3.63, 3.8) is 0 Å². The molecule has 1 saturated heterocycles. The summed E-state index contributed by atoms with van der Waals surface area (Å²) in [4.78, 5) is 26.0. The molecular weight excluding hydrogens is 498 g/mol. The third-order valence-electron chi connectivity index (χ3n) is 6.36. The van der Waals surface area contributed by atoms with Gasteiger partial charge in [0.05, 0.1) is 18.5 Å². The molecule has 0 radical (unpaired) electrons. The monoisotopic (exact) mass is 545 g/mol. The number of hydrogen-bond acceptors (Lipinski definition) is 4. The summed E-state index contributed by atoms with van der Waals surface area (Å²) in [6.45, 7) is 17.3. The van der Waals surface area contributed by atoms with E-state index in [9.17, 15) is 9.59 Å². The number of hydrogen-bond donors (Lipinski definition) is 0. The Morgan fingerprint density at radius 3 is 2.05 bits per heavy atom. The highest BCUT2D eigenvalue weighted by atomic mass is 16.5. The first-order chi connectivity index (χ1) is 19.2. The van der Waals surface area contributed by atoms with Crippen LogP contribution in [0.5, 0.6) is 5.75 Å². The molecule has 1 amide bonds. The summed E-state index contributed by atoms with van der Waals surface area (Å²) < 4.78 is 6.99. The van der Waals surface area contributed by atoms with Crippen LogP contribution in [0.4, 0.5) is 5.69 Å². The number of aromatic nitrogens is 2. The average molecular weight is 546 g/mol. The van der Waals surface area contributed by atoms with Crippen LogP contribution in [0.15, 0.2) is 55.1 Å². The minimum atomic E-state index is 0.136. The number of ketones is 1. The normalized spacial score (nSPS) is 12.3. The second kappa shape index (κ2) is 16.4. The maximum absolute atomic E-state index is 12.8. The first-order valence-electron chi connectivity index (χ1n) is 14.5. The second-order valence-corrected chi connectivity index (χ2v) is 10.2. The molecule has 6 heteroatoms. The van der Waals surface area contributed by atoms with Gasteiger partial charge < -0.3 is 9.64 Å². The predicted octanol–water partition coefficient (Wildman–Crippen LogP) is 8.39. The molecule has 2 heterocycles. The molecular formula is C34H47N3O3. The zero-order valence-corrected chi connectivity index (χ0v) is 25.5. The molecule has 4 rings (SSSR count). The summed E-state index contributed by atoms with van der Waals surface area (Å²) in [5.41, 5.74) is 6.56. The largest absolute Gasteiger partial charge is 0.497 e. The Bertz CT molecular complexity index is 1240. The third-order valence-corrected chi connectivity index (χ3v) is 6.36. The molecule has 1 fully saturated rings. The van der Waals surface area contributed by atoms with Crippen LogP contribution in [0.25, 0.3) is 11.3 Å². The molecule has 3 aromatic rings. The molecule has 0 aliphatic carbocycles. The molecule has 216 valence electrons. The molecule has 0 bridgehead atoms. The van der Waals surface area contributed by atoms with Crippen LogP contribution in [-0.4, -0.2) is 35.1 Å². The Kier molecular flexibility index (Phi) is 13.4. The van der Waals surface area contributed by atoms with E-state index in [1.807, 2.05) is 67.3 Å². The molecule has 40 heavy (non-hydrogen) atoms. The smallest absolute Gasteiger partial charge is 0.227 e. The predicted molar refractivity (Wildman–Crippen MR) is 167 cm³/mol. The molecule has 0 atom stereocenters. The Morgan fingerprint density at radius 2 is 1.57 bits per heavy atom. The van der Waals surface area contributed by atoms with Gasteiger partial charge in [0.25, 0.3) is 0 Å². The first kappa shape index (κ1) is 32.5. The van der Waals surface area contributed by atoms with E-state index in [4.69, 9.17) is 9.84 Å². The number of anilines is 1. The van der Waals surface area contributed by atoms with E-state index in [1.54, 1.807) is 11.8 Å². The van der Waals surface area contributed by atoms with Gasteiger partial charge in [-0.05, 0) is 75.1 Å². The second-order valence-electron chi connectivity index (χ2n) is 10.2. The van der Waals surface area contributed by atoms with Crippen molar-refractivity contribution in [2.75, 3.05) is 18.6 Å². The minimum absolute atomic E-state index is 0.136. The van der Waals surface area contributed by atoms with E-state index in [1.165, 1.54) is 12.0 Å². The number of aryl methyl sites for hydroxylation is 1. The van der Waals surface area contributed by atoms with Gasteiger partial charge in [-0.15, -0.1) is 0 Å². The third kappa shape index (κ3) is 8.67. The fourth-order valence-electron chi connectivity index (χ4n) is 4.47. The number of benzene rings is 2. The molecule has 0 unspecified atom stereocenters. The van der Waals surface area contributed by atoms with E-state index in [0.29, 0.717) is 18.5 Å². The molecule has 0 spiro atoms. The summed E-state index contributed by atoms with van der Waals surface area (Å²) >= 11 is 0. The highest BCUT2D eigenvalue weighted by Gasteiger charge is 2.24. The van der Waals surface area contributed by atoms with Crippen molar-refractivity contribution in [1.82, 2.24) is 9.78 Å². The lowest BCUT2D eigenvalue weighted by atomic mass is 10.00. The van der Waals surface area contributed by atoms with E-state index in [2.05, 4.69) is 34.3 Å². The van der Waals surface area contributed by atoms with E-state index in [-0.39, 0.29) is 11.7 Å². The lowest BCUT2D eigenvalue weighted by molar-refractivity contribution is -0.117. The van der Waals surface area contributed by atoms with Gasteiger partial charge >= 0.3 is 0 Å². The summed E-state index contributed by atoms with van der Waals surface area (Å²) in [7, 11) is 1.64. The fourth-order valence-corrected chi connectivity index (χ4v) is 4.47. The van der Waals surface area contributed by atoms with Gasteiger partial charge in [0.2, 0.25) is 5.91 Å². The number of rotatable bonds is 9. The van der Waals surface area contributed by atoms with Crippen LogP contribution in [-0.2, 0) is 11.2 Å². The number of nitrogens with zero attached hydrogens (tertiary/aromatic N) is 3. The number of allylic oxidation sites excluding steroid dienone is 1. The fraction of sp³-hybridized carbons (Fsp3) is 0.441. The van der Waals surface area contributed by atoms with Crippen molar-refractivity contribution in [2.24, 2.45) is 0 Å². The van der Waals surface area contributed by atoms with Gasteiger partial charge in [-0.2, -0.15) is 5.10 Å². The maximum Gasteiger partial charge on any atom is 0.227 e. The zero-order valence-electron chi connectivity index (χ0n) is 25.5. The van der Waals surface area contributed by atoms with Crippen molar-refractivity contribution < 1.29 is 14.3 Å². The van der Waals surface area contributed by atoms with Crippen LogP contribution in [0.1, 0.15) is 100 Å². The van der Waals surface area contributed by atoms with Crippen molar-refractivity contribution in [1.29, 1.82) is 0 Å². The number of carbonyl (C=O) groups is 2. The van der Waals surface area contributed by atoms with Crippen LogP contribution in [0.2, 0.25) is 0 Å². The van der Waals surface area contributed by atoms with Gasteiger partial charge in [-0.3, -0.25) is 9.59 Å². The SMILES string of the molecule is C=C(C)c1nn(-c2ccc(OC)cc2)c(C(=O)CCC)c1CCC.CCC.Cc1ccc(N2CCCC2=O)cc1. The number of methoxy groups -OCH3 is 1. The molecule has 1 aliphatic heterocycles. The van der Waals surface area contributed by atoms with E-state index in [0.717, 1.165) is 66.2 Å². The Morgan fingerprint density at radius 1 is 0.975 bits per heavy atom. The van der Waals surface area contributed by atoms with Crippen LogP contribution >= 0.6 is 0 Å². The number of amides is 1. The number of ether oxygens (including phenoxy) is 1. The highest BCUT2D eigenvalue weighted by molar-refractivity contribution is 5.97. The molecule has 0 saturated carbocycles.